The molecular weight excluding hydrogens is 504 g/mol. The maximum atomic E-state index is 12.2. The Bertz CT molecular complexity index is 1370. The Morgan fingerprint density at radius 2 is 1.26 bits per heavy atom. The van der Waals surface area contributed by atoms with Crippen molar-refractivity contribution in [2.45, 2.75) is 92.5 Å². The molecule has 0 spiro atoms. The van der Waals surface area contributed by atoms with Crippen molar-refractivity contribution in [3.05, 3.63) is 54.9 Å². The number of nitrogens with zero attached hydrogens (tertiary/aromatic N) is 5. The van der Waals surface area contributed by atoms with Crippen LogP contribution in [-0.4, -0.2) is 65.8 Å². The third kappa shape index (κ3) is 7.67. The molecule has 0 bridgehead atoms. The summed E-state index contributed by atoms with van der Waals surface area (Å²) in [4.78, 5) is 62.6. The Balaban J connectivity index is 0.000000216. The van der Waals surface area contributed by atoms with Crippen LogP contribution in [0.1, 0.15) is 75.7 Å². The van der Waals surface area contributed by atoms with Crippen LogP contribution in [0.3, 0.4) is 0 Å². The van der Waals surface area contributed by atoms with Crippen LogP contribution < -0.4 is 11.1 Å². The van der Waals surface area contributed by atoms with E-state index in [9.17, 15) is 19.2 Å². The topological polar surface area (TPSA) is 140 Å². The monoisotopic (exact) mass is 544 g/mol. The smallest absolute Gasteiger partial charge is 0.410 e. The standard InChI is InChI=1S/C14H21N3O3.C13H19N3O3/c1-9-15-11-6-7-17(13(19)20-14(2,3)4)8-10(11)12(18)16(9)5;1-8-14-10-5-6-16(7-9(10)11(17)15-8)12(18)19-13(2,3)4/h6-8H2,1-5H3;5-7H2,1-4H3,(H,14,15,17). The molecule has 0 unspecified atom stereocenters. The molecule has 2 aliphatic rings. The number of aromatic nitrogens is 4. The highest BCUT2D eigenvalue weighted by Gasteiger charge is 2.29. The summed E-state index contributed by atoms with van der Waals surface area (Å²) in [5, 5.41) is 0. The van der Waals surface area contributed by atoms with E-state index < -0.39 is 17.3 Å². The molecule has 2 aliphatic heterocycles. The van der Waals surface area contributed by atoms with Gasteiger partial charge in [-0.3, -0.25) is 14.2 Å². The first-order valence-electron chi connectivity index (χ1n) is 13.0. The Morgan fingerprint density at radius 3 is 1.74 bits per heavy atom. The molecule has 0 atom stereocenters. The number of hydrogen-bond donors (Lipinski definition) is 1. The van der Waals surface area contributed by atoms with Crippen molar-refractivity contribution in [3.63, 3.8) is 0 Å². The van der Waals surface area contributed by atoms with Crippen molar-refractivity contribution in [2.75, 3.05) is 13.1 Å². The van der Waals surface area contributed by atoms with Gasteiger partial charge in [0.25, 0.3) is 11.1 Å². The third-order valence-electron chi connectivity index (χ3n) is 6.15. The number of nitrogens with one attached hydrogen (secondary N) is 1. The predicted octanol–water partition coefficient (Wildman–Crippen LogP) is 2.75. The lowest BCUT2D eigenvalue weighted by Crippen LogP contribution is -2.43. The van der Waals surface area contributed by atoms with E-state index in [-0.39, 0.29) is 30.3 Å². The van der Waals surface area contributed by atoms with E-state index in [0.29, 0.717) is 48.7 Å². The van der Waals surface area contributed by atoms with E-state index in [0.717, 1.165) is 11.4 Å². The van der Waals surface area contributed by atoms with Crippen molar-refractivity contribution < 1.29 is 19.1 Å². The van der Waals surface area contributed by atoms with Crippen molar-refractivity contribution in [3.8, 4) is 0 Å². The fourth-order valence-corrected chi connectivity index (χ4v) is 4.20. The zero-order chi connectivity index (χ0) is 29.3. The summed E-state index contributed by atoms with van der Waals surface area (Å²) in [5.41, 5.74) is 1.41. The molecule has 2 amide bonds. The van der Waals surface area contributed by atoms with Crippen molar-refractivity contribution >= 4 is 12.2 Å². The lowest BCUT2D eigenvalue weighted by atomic mass is 10.1. The van der Waals surface area contributed by atoms with E-state index in [1.807, 2.05) is 48.5 Å². The molecule has 12 heteroatoms. The summed E-state index contributed by atoms with van der Waals surface area (Å²) in [6.45, 7) is 16.1. The normalized spacial score (nSPS) is 15.0. The van der Waals surface area contributed by atoms with Crippen molar-refractivity contribution in [1.82, 2.24) is 29.3 Å². The quantitative estimate of drug-likeness (QED) is 0.534. The van der Waals surface area contributed by atoms with Gasteiger partial charge in [-0.05, 0) is 55.4 Å². The highest BCUT2D eigenvalue weighted by atomic mass is 16.6. The van der Waals surface area contributed by atoms with Crippen molar-refractivity contribution in [2.24, 2.45) is 7.05 Å². The number of fused-ring (bicyclic) bond motifs is 2. The zero-order valence-electron chi connectivity index (χ0n) is 24.4. The summed E-state index contributed by atoms with van der Waals surface area (Å²) in [7, 11) is 1.69. The zero-order valence-corrected chi connectivity index (χ0v) is 24.4. The van der Waals surface area contributed by atoms with E-state index in [1.54, 1.807) is 23.8 Å². The van der Waals surface area contributed by atoms with Gasteiger partial charge in [-0.2, -0.15) is 0 Å². The fraction of sp³-hybridized carbons (Fsp3) is 0.630. The van der Waals surface area contributed by atoms with Crippen LogP contribution in [0.15, 0.2) is 9.59 Å². The minimum absolute atomic E-state index is 0.0826. The van der Waals surface area contributed by atoms with E-state index in [4.69, 9.17) is 9.47 Å². The first kappa shape index (κ1) is 29.9. The second kappa shape index (κ2) is 11.2. The number of aryl methyl sites for hydroxylation is 2. The van der Waals surface area contributed by atoms with Gasteiger partial charge in [-0.25, -0.2) is 19.6 Å². The molecular formula is C27H40N6O6. The molecule has 214 valence electrons. The molecule has 12 nitrogen and oxygen atoms in total. The van der Waals surface area contributed by atoms with Gasteiger partial charge in [-0.15, -0.1) is 0 Å². The number of aromatic amines is 1. The molecule has 39 heavy (non-hydrogen) atoms. The molecule has 0 fully saturated rings. The Labute approximate surface area is 228 Å². The lowest BCUT2D eigenvalue weighted by Gasteiger charge is -2.30. The molecule has 1 N–H and O–H groups in total. The van der Waals surface area contributed by atoms with E-state index in [2.05, 4.69) is 15.0 Å². The Kier molecular flexibility index (Phi) is 8.56. The van der Waals surface area contributed by atoms with Crippen LogP contribution in [-0.2, 0) is 42.5 Å². The average molecular weight is 545 g/mol. The van der Waals surface area contributed by atoms with Gasteiger partial charge in [0.2, 0.25) is 0 Å². The van der Waals surface area contributed by atoms with Crippen LogP contribution >= 0.6 is 0 Å². The molecule has 0 saturated carbocycles. The number of carbonyl (C=O) groups is 2. The molecule has 0 radical (unpaired) electrons. The van der Waals surface area contributed by atoms with E-state index >= 15 is 0 Å². The summed E-state index contributed by atoms with van der Waals surface area (Å²) >= 11 is 0. The molecule has 2 aromatic heterocycles. The lowest BCUT2D eigenvalue weighted by molar-refractivity contribution is 0.0211. The minimum Gasteiger partial charge on any atom is -0.444 e. The molecule has 4 heterocycles. The number of rotatable bonds is 0. The number of amides is 2. The predicted molar refractivity (Wildman–Crippen MR) is 145 cm³/mol. The van der Waals surface area contributed by atoms with Crippen LogP contribution in [0.4, 0.5) is 9.59 Å². The second-order valence-corrected chi connectivity index (χ2v) is 11.8. The van der Waals surface area contributed by atoms with Crippen molar-refractivity contribution in [1.29, 1.82) is 0 Å². The second-order valence-electron chi connectivity index (χ2n) is 11.8. The third-order valence-corrected chi connectivity index (χ3v) is 6.15. The highest BCUT2D eigenvalue weighted by Crippen LogP contribution is 2.19. The number of hydrogen-bond acceptors (Lipinski definition) is 8. The van der Waals surface area contributed by atoms with Gasteiger partial charge in [0.1, 0.15) is 22.9 Å². The number of H-pyrrole nitrogens is 1. The molecule has 0 aliphatic carbocycles. The molecule has 0 saturated heterocycles. The Hall–Kier alpha value is -3.70. The van der Waals surface area contributed by atoms with E-state index in [1.165, 1.54) is 4.57 Å². The highest BCUT2D eigenvalue weighted by molar-refractivity contribution is 5.69. The number of ether oxygens (including phenoxy) is 2. The van der Waals surface area contributed by atoms with Gasteiger partial charge in [0.05, 0.1) is 35.6 Å². The average Bonchev–Trinajstić information content (AvgIpc) is 2.80. The summed E-state index contributed by atoms with van der Waals surface area (Å²) < 4.78 is 12.2. The van der Waals surface area contributed by atoms with Gasteiger partial charge < -0.3 is 24.3 Å². The Morgan fingerprint density at radius 1 is 0.795 bits per heavy atom. The van der Waals surface area contributed by atoms with Gasteiger partial charge in [0, 0.05) is 33.0 Å². The largest absolute Gasteiger partial charge is 0.444 e. The van der Waals surface area contributed by atoms with Crippen LogP contribution in [0.2, 0.25) is 0 Å². The molecule has 2 aromatic rings. The first-order valence-corrected chi connectivity index (χ1v) is 13.0. The van der Waals surface area contributed by atoms with Gasteiger partial charge in [0.15, 0.2) is 0 Å². The maximum Gasteiger partial charge on any atom is 0.410 e. The fourth-order valence-electron chi connectivity index (χ4n) is 4.20. The van der Waals surface area contributed by atoms with Crippen LogP contribution in [0, 0.1) is 13.8 Å². The summed E-state index contributed by atoms with van der Waals surface area (Å²) in [6.07, 6.45) is 0.397. The SMILES string of the molecule is Cc1nc2c(c(=O)[nH]1)CN(C(=O)OC(C)(C)C)CC2.Cc1nc2c(c(=O)n1C)CN(C(=O)OC(C)(C)C)CC2. The maximum absolute atomic E-state index is 12.2. The molecule has 4 rings (SSSR count). The number of carbonyl (C=O) groups excluding carboxylic acids is 2. The summed E-state index contributed by atoms with van der Waals surface area (Å²) in [5.74, 6) is 1.30. The van der Waals surface area contributed by atoms with Crippen LogP contribution in [0.5, 0.6) is 0 Å². The van der Waals surface area contributed by atoms with Gasteiger partial charge >= 0.3 is 12.2 Å². The van der Waals surface area contributed by atoms with Gasteiger partial charge in [-0.1, -0.05) is 0 Å². The minimum atomic E-state index is -0.534. The van der Waals surface area contributed by atoms with Crippen LogP contribution in [0.25, 0.3) is 0 Å². The first-order chi connectivity index (χ1) is 17.9. The molecule has 0 aromatic carbocycles. The summed E-state index contributed by atoms with van der Waals surface area (Å²) in [6, 6.07) is 0.